The summed E-state index contributed by atoms with van der Waals surface area (Å²) in [5.41, 5.74) is 4.78. The second-order valence-electron chi connectivity index (χ2n) is 11.4. The zero-order chi connectivity index (χ0) is 31.8. The molecule has 0 radical (unpaired) electrons. The number of aromatic nitrogens is 1. The average Bonchev–Trinajstić information content (AvgIpc) is 3.01. The highest BCUT2D eigenvalue weighted by Crippen LogP contribution is 2.37. The van der Waals surface area contributed by atoms with Gasteiger partial charge in [-0.25, -0.2) is 4.98 Å². The SMILES string of the molecule is CCCCCCCCCOc1ccc(-c2cc(C(CCCC(=O)O)CCOC(C)C(F)(F)F)ccc2-c2ccccc2)cn1. The number of nitrogens with zero attached hydrogens (tertiary/aromatic N) is 1. The van der Waals surface area contributed by atoms with E-state index in [-0.39, 0.29) is 18.9 Å². The molecule has 2 aromatic carbocycles. The van der Waals surface area contributed by atoms with E-state index in [0.29, 0.717) is 31.7 Å². The molecule has 0 bridgehead atoms. The van der Waals surface area contributed by atoms with E-state index in [2.05, 4.69) is 18.0 Å². The van der Waals surface area contributed by atoms with E-state index in [9.17, 15) is 18.0 Å². The van der Waals surface area contributed by atoms with Crippen LogP contribution in [-0.4, -0.2) is 41.6 Å². The molecule has 0 amide bonds. The average molecular weight is 614 g/mol. The summed E-state index contributed by atoms with van der Waals surface area (Å²) < 4.78 is 50.0. The number of halogens is 3. The highest BCUT2D eigenvalue weighted by atomic mass is 19.4. The van der Waals surface area contributed by atoms with Crippen molar-refractivity contribution in [1.82, 2.24) is 4.98 Å². The van der Waals surface area contributed by atoms with Crippen LogP contribution in [0.15, 0.2) is 66.9 Å². The lowest BCUT2D eigenvalue weighted by atomic mass is 9.86. The molecule has 0 fully saturated rings. The molecule has 1 aromatic heterocycles. The summed E-state index contributed by atoms with van der Waals surface area (Å²) in [7, 11) is 0. The van der Waals surface area contributed by atoms with Crippen LogP contribution in [0.3, 0.4) is 0 Å². The molecule has 0 spiro atoms. The first kappa shape index (κ1) is 35.1. The van der Waals surface area contributed by atoms with Gasteiger partial charge in [0.25, 0.3) is 0 Å². The summed E-state index contributed by atoms with van der Waals surface area (Å²) >= 11 is 0. The van der Waals surface area contributed by atoms with E-state index in [4.69, 9.17) is 14.6 Å². The largest absolute Gasteiger partial charge is 0.481 e. The predicted octanol–water partition coefficient (Wildman–Crippen LogP) is 10.2. The van der Waals surface area contributed by atoms with Crippen LogP contribution < -0.4 is 4.74 Å². The third kappa shape index (κ3) is 11.9. The summed E-state index contributed by atoms with van der Waals surface area (Å²) in [4.78, 5) is 15.7. The molecule has 0 aliphatic heterocycles. The number of benzene rings is 2. The molecular weight excluding hydrogens is 567 g/mol. The Balaban J connectivity index is 1.79. The number of aliphatic carboxylic acids is 1. The number of carboxylic acids is 1. The fourth-order valence-corrected chi connectivity index (χ4v) is 5.24. The van der Waals surface area contributed by atoms with E-state index in [1.54, 1.807) is 6.20 Å². The minimum Gasteiger partial charge on any atom is -0.481 e. The number of alkyl halides is 3. The van der Waals surface area contributed by atoms with Crippen molar-refractivity contribution in [2.45, 2.75) is 103 Å². The van der Waals surface area contributed by atoms with Crippen molar-refractivity contribution in [2.75, 3.05) is 13.2 Å². The number of unbranched alkanes of at least 4 members (excludes halogenated alkanes) is 6. The first-order chi connectivity index (χ1) is 21.2. The van der Waals surface area contributed by atoms with Gasteiger partial charge in [-0.1, -0.05) is 94.0 Å². The number of hydrogen-bond donors (Lipinski definition) is 1. The van der Waals surface area contributed by atoms with Crippen molar-refractivity contribution in [1.29, 1.82) is 0 Å². The number of pyridine rings is 1. The van der Waals surface area contributed by atoms with Gasteiger partial charge in [0.15, 0.2) is 6.10 Å². The van der Waals surface area contributed by atoms with Crippen molar-refractivity contribution >= 4 is 5.97 Å². The monoisotopic (exact) mass is 613 g/mol. The molecule has 3 aromatic rings. The molecule has 0 saturated heterocycles. The fraction of sp³-hybridized carbons (Fsp3) is 0.500. The van der Waals surface area contributed by atoms with Gasteiger partial charge in [0.05, 0.1) is 6.61 Å². The van der Waals surface area contributed by atoms with E-state index in [1.165, 1.54) is 32.1 Å². The summed E-state index contributed by atoms with van der Waals surface area (Å²) in [6.07, 6.45) is 5.22. The lowest BCUT2D eigenvalue weighted by Crippen LogP contribution is -2.29. The van der Waals surface area contributed by atoms with Gasteiger partial charge in [-0.05, 0) is 66.8 Å². The van der Waals surface area contributed by atoms with Gasteiger partial charge in [0.1, 0.15) is 0 Å². The van der Waals surface area contributed by atoms with Crippen molar-refractivity contribution in [3.63, 3.8) is 0 Å². The topological polar surface area (TPSA) is 68.7 Å². The van der Waals surface area contributed by atoms with Crippen LogP contribution >= 0.6 is 0 Å². The first-order valence-corrected chi connectivity index (χ1v) is 15.9. The van der Waals surface area contributed by atoms with Crippen LogP contribution in [-0.2, 0) is 9.53 Å². The fourth-order valence-electron chi connectivity index (χ4n) is 5.24. The van der Waals surface area contributed by atoms with Gasteiger partial charge in [-0.15, -0.1) is 0 Å². The number of rotatable bonds is 20. The highest BCUT2D eigenvalue weighted by molar-refractivity contribution is 5.83. The zero-order valence-electron chi connectivity index (χ0n) is 26.0. The molecule has 1 heterocycles. The Morgan fingerprint density at radius 2 is 1.57 bits per heavy atom. The van der Waals surface area contributed by atoms with E-state index >= 15 is 0 Å². The quantitative estimate of drug-likeness (QED) is 0.128. The van der Waals surface area contributed by atoms with Crippen molar-refractivity contribution in [3.8, 4) is 28.1 Å². The van der Waals surface area contributed by atoms with Gasteiger partial charge >= 0.3 is 12.1 Å². The normalized spacial score (nSPS) is 13.0. The van der Waals surface area contributed by atoms with E-state index < -0.39 is 18.2 Å². The molecule has 5 nitrogen and oxygen atoms in total. The maximum absolute atomic E-state index is 13.0. The lowest BCUT2D eigenvalue weighted by molar-refractivity contribution is -0.214. The number of ether oxygens (including phenoxy) is 2. The van der Waals surface area contributed by atoms with Crippen molar-refractivity contribution in [3.05, 3.63) is 72.4 Å². The van der Waals surface area contributed by atoms with Crippen LogP contribution in [0.25, 0.3) is 22.3 Å². The molecular formula is C36H46F3NO4. The summed E-state index contributed by atoms with van der Waals surface area (Å²) in [5, 5.41) is 9.17. The first-order valence-electron chi connectivity index (χ1n) is 15.9. The molecule has 2 unspecified atom stereocenters. The van der Waals surface area contributed by atoms with Crippen LogP contribution in [0, 0.1) is 0 Å². The second-order valence-corrected chi connectivity index (χ2v) is 11.4. The van der Waals surface area contributed by atoms with Crippen LogP contribution in [0.2, 0.25) is 0 Å². The number of carboxylic acid groups (broad SMARTS) is 1. The Bertz CT molecular complexity index is 1250. The molecule has 0 aliphatic carbocycles. The minimum absolute atomic E-state index is 0.00446. The Labute approximate surface area is 259 Å². The maximum Gasteiger partial charge on any atom is 0.414 e. The summed E-state index contributed by atoms with van der Waals surface area (Å²) in [5.74, 6) is -0.498. The van der Waals surface area contributed by atoms with E-state index in [1.807, 2.05) is 54.6 Å². The Morgan fingerprint density at radius 1 is 0.841 bits per heavy atom. The Morgan fingerprint density at radius 3 is 2.23 bits per heavy atom. The van der Waals surface area contributed by atoms with Crippen LogP contribution in [0.5, 0.6) is 5.88 Å². The third-order valence-corrected chi connectivity index (χ3v) is 7.88. The molecule has 0 saturated carbocycles. The summed E-state index contributed by atoms with van der Waals surface area (Å²) in [6.45, 7) is 3.76. The van der Waals surface area contributed by atoms with Gasteiger partial charge in [-0.3, -0.25) is 4.79 Å². The van der Waals surface area contributed by atoms with Gasteiger partial charge in [0.2, 0.25) is 5.88 Å². The molecule has 2 atom stereocenters. The third-order valence-electron chi connectivity index (χ3n) is 7.88. The lowest BCUT2D eigenvalue weighted by Gasteiger charge is -2.22. The van der Waals surface area contributed by atoms with Crippen molar-refractivity contribution in [2.24, 2.45) is 0 Å². The Kier molecular flexibility index (Phi) is 14.7. The van der Waals surface area contributed by atoms with Crippen molar-refractivity contribution < 1.29 is 32.5 Å². The predicted molar refractivity (Wildman–Crippen MR) is 169 cm³/mol. The van der Waals surface area contributed by atoms with Crippen LogP contribution in [0.1, 0.15) is 96.0 Å². The molecule has 1 N–H and O–H groups in total. The van der Waals surface area contributed by atoms with Gasteiger partial charge < -0.3 is 14.6 Å². The molecule has 3 rings (SSSR count). The number of hydrogen-bond acceptors (Lipinski definition) is 4. The molecule has 240 valence electrons. The number of carbonyl (C=O) groups is 1. The van der Waals surface area contributed by atoms with E-state index in [0.717, 1.165) is 47.6 Å². The minimum atomic E-state index is -4.43. The summed E-state index contributed by atoms with van der Waals surface area (Å²) in [6, 6.07) is 19.9. The van der Waals surface area contributed by atoms with Gasteiger partial charge in [0, 0.05) is 30.9 Å². The standard InChI is InChI=1S/C36H46F3NO4/c1-3-4-5-6-7-8-12-23-44-34-21-19-31(26-40-34)33-25-30(18-20-32(33)29-14-10-9-11-15-29)28(16-13-17-35(41)42)22-24-43-27(2)36(37,38)39/h9-11,14-15,18-21,25-28H,3-8,12-13,16-17,22-24H2,1-2H3,(H,41,42). The van der Waals surface area contributed by atoms with Crippen LogP contribution in [0.4, 0.5) is 13.2 Å². The Hall–Kier alpha value is -3.39. The molecule has 44 heavy (non-hydrogen) atoms. The maximum atomic E-state index is 13.0. The zero-order valence-corrected chi connectivity index (χ0v) is 26.0. The molecule has 8 heteroatoms. The molecule has 0 aliphatic rings. The van der Waals surface area contributed by atoms with Gasteiger partial charge in [-0.2, -0.15) is 13.2 Å². The highest BCUT2D eigenvalue weighted by Gasteiger charge is 2.36. The smallest absolute Gasteiger partial charge is 0.414 e. The second kappa shape index (κ2) is 18.4.